The van der Waals surface area contributed by atoms with Gasteiger partial charge in [0.1, 0.15) is 0 Å². The number of benzene rings is 1. The summed E-state index contributed by atoms with van der Waals surface area (Å²) in [7, 11) is 0. The average molecular weight is 338 g/mol. The molecule has 1 aromatic carbocycles. The Balaban J connectivity index is 0.000000921. The summed E-state index contributed by atoms with van der Waals surface area (Å²) in [6.07, 6.45) is -8.28. The summed E-state index contributed by atoms with van der Waals surface area (Å²) in [5.41, 5.74) is 0. The second-order valence-electron chi connectivity index (χ2n) is 2.20. The molecule has 0 aliphatic carbocycles. The van der Waals surface area contributed by atoms with Crippen LogP contribution in [0.5, 0.6) is 5.75 Å². The molecule has 0 radical (unpaired) electrons. The van der Waals surface area contributed by atoms with Crippen LogP contribution in [0.2, 0.25) is 0 Å². The van der Waals surface area contributed by atoms with E-state index in [1.807, 2.05) is 0 Å². The van der Waals surface area contributed by atoms with Gasteiger partial charge in [0.2, 0.25) is 0 Å². The van der Waals surface area contributed by atoms with E-state index in [4.69, 9.17) is 0 Å². The zero-order valence-corrected chi connectivity index (χ0v) is 11.9. The summed E-state index contributed by atoms with van der Waals surface area (Å²) < 4.78 is 51.5. The standard InChI is InChI=1S/C8H5F4O.BrH.Zn/c9-7(10)8(11,12)13-6-4-2-1-3-5-6;;/h2-5,7H;1H;/q-1;;+2/p-1. The van der Waals surface area contributed by atoms with Crippen molar-refractivity contribution in [1.29, 1.82) is 0 Å². The number of alkyl halides is 4. The van der Waals surface area contributed by atoms with Crippen LogP contribution < -0.4 is 4.74 Å². The fourth-order valence-corrected chi connectivity index (χ4v) is 0.641. The van der Waals surface area contributed by atoms with E-state index in [1.165, 1.54) is 28.5 Å². The van der Waals surface area contributed by atoms with Crippen molar-refractivity contribution in [3.8, 4) is 5.75 Å². The molecule has 80 valence electrons. The molecule has 0 bridgehead atoms. The van der Waals surface area contributed by atoms with E-state index in [0.29, 0.717) is 0 Å². The van der Waals surface area contributed by atoms with Gasteiger partial charge in [-0.3, -0.25) is 0 Å². The third-order valence-electron chi connectivity index (χ3n) is 1.20. The van der Waals surface area contributed by atoms with Crippen LogP contribution in [-0.2, 0) is 16.3 Å². The molecule has 0 saturated heterocycles. The molecule has 0 aliphatic rings. The summed E-state index contributed by atoms with van der Waals surface area (Å²) >= 11 is 4.25. The third-order valence-corrected chi connectivity index (χ3v) is 1.20. The minimum atomic E-state index is -4.44. The first-order chi connectivity index (χ1) is 7.02. The molecular weight excluding hydrogens is 333 g/mol. The number of hydrogen-bond donors (Lipinski definition) is 0. The van der Waals surface area contributed by atoms with E-state index in [9.17, 15) is 17.6 Å². The second-order valence-corrected chi connectivity index (χ2v) is 2.20. The van der Waals surface area contributed by atoms with Crippen molar-refractivity contribution in [3.63, 3.8) is 0 Å². The topological polar surface area (TPSA) is 9.23 Å². The quantitative estimate of drug-likeness (QED) is 0.465. The Kier molecular flexibility index (Phi) is 7.10. The molecule has 0 atom stereocenters. The average Bonchev–Trinajstić information content (AvgIpc) is 2.21. The van der Waals surface area contributed by atoms with Gasteiger partial charge in [0, 0.05) is 5.75 Å². The van der Waals surface area contributed by atoms with E-state index in [1.54, 1.807) is 0 Å². The van der Waals surface area contributed by atoms with E-state index in [-0.39, 0.29) is 5.75 Å². The summed E-state index contributed by atoms with van der Waals surface area (Å²) in [5.74, 6) is -0.316. The maximum atomic E-state index is 12.2. The fraction of sp³-hybridized carbons (Fsp3) is 0.250. The van der Waals surface area contributed by atoms with Gasteiger partial charge in [0.15, 0.2) is 0 Å². The van der Waals surface area contributed by atoms with Crippen LogP contribution in [0.3, 0.4) is 0 Å². The Morgan fingerprint density at radius 1 is 1.27 bits per heavy atom. The van der Waals surface area contributed by atoms with Crippen LogP contribution in [0.15, 0.2) is 24.3 Å². The van der Waals surface area contributed by atoms with Gasteiger partial charge in [-0.25, -0.2) is 0 Å². The molecule has 0 amide bonds. The van der Waals surface area contributed by atoms with E-state index >= 15 is 0 Å². The van der Waals surface area contributed by atoms with Crippen LogP contribution in [0.4, 0.5) is 17.6 Å². The maximum absolute atomic E-state index is 12.2. The van der Waals surface area contributed by atoms with Crippen LogP contribution >= 0.6 is 13.6 Å². The number of rotatable bonds is 3. The predicted molar refractivity (Wildman–Crippen MR) is 45.8 cm³/mol. The first kappa shape index (κ1) is 14.8. The Morgan fingerprint density at radius 2 is 1.73 bits per heavy atom. The molecule has 1 nitrogen and oxygen atoms in total. The van der Waals surface area contributed by atoms with E-state index < -0.39 is 12.5 Å². The van der Waals surface area contributed by atoms with Crippen molar-refractivity contribution in [2.45, 2.75) is 12.5 Å². The normalized spacial score (nSPS) is 10.7. The van der Waals surface area contributed by atoms with Gasteiger partial charge in [-0.2, -0.15) is 35.8 Å². The van der Waals surface area contributed by atoms with Crippen molar-refractivity contribution < 1.29 is 38.6 Å². The van der Waals surface area contributed by atoms with Gasteiger partial charge < -0.3 is 4.74 Å². The van der Waals surface area contributed by atoms with Crippen molar-refractivity contribution in [2.75, 3.05) is 0 Å². The molecule has 0 heterocycles. The monoisotopic (exact) mass is 336 g/mol. The molecule has 0 N–H and O–H groups in total. The third kappa shape index (κ3) is 5.47. The summed E-state index contributed by atoms with van der Waals surface area (Å²) in [5, 5.41) is 0. The molecule has 0 aliphatic heterocycles. The molecule has 1 rings (SSSR count). The van der Waals surface area contributed by atoms with Gasteiger partial charge in [-0.1, -0.05) is 0 Å². The zero-order chi connectivity index (χ0) is 11.9. The molecule has 0 aromatic heterocycles. The zero-order valence-electron chi connectivity index (χ0n) is 7.39. The fourth-order valence-electron chi connectivity index (χ4n) is 0.641. The molecule has 7 heteroatoms. The van der Waals surface area contributed by atoms with Gasteiger partial charge >= 0.3 is 42.5 Å². The van der Waals surface area contributed by atoms with E-state index in [0.717, 1.165) is 12.1 Å². The molecular formula is C8H5BrF4OZn. The first-order valence-electron chi connectivity index (χ1n) is 3.60. The van der Waals surface area contributed by atoms with Crippen LogP contribution in [0, 0.1) is 6.07 Å². The van der Waals surface area contributed by atoms with Gasteiger partial charge in [-0.05, 0) is 0 Å². The molecule has 0 fully saturated rings. The second kappa shape index (κ2) is 7.17. The first-order valence-corrected chi connectivity index (χ1v) is 10.5. The van der Waals surface area contributed by atoms with Gasteiger partial charge in [0.25, 0.3) is 0 Å². The number of ether oxygens (including phenoxy) is 1. The molecule has 1 aromatic rings. The Bertz CT molecular complexity index is 271. The Morgan fingerprint density at radius 3 is 2.13 bits per heavy atom. The minimum absolute atomic E-state index is 0.316. The summed E-state index contributed by atoms with van der Waals surface area (Å²) in [6, 6.07) is 7.36. The van der Waals surface area contributed by atoms with Crippen LogP contribution in [-0.4, -0.2) is 12.5 Å². The number of halogens is 5. The van der Waals surface area contributed by atoms with Crippen molar-refractivity contribution >= 4 is 13.6 Å². The Hall–Kier alpha value is -0.157. The van der Waals surface area contributed by atoms with Gasteiger partial charge in [-0.15, -0.1) is 12.1 Å². The van der Waals surface area contributed by atoms with Crippen LogP contribution in [0.1, 0.15) is 0 Å². The van der Waals surface area contributed by atoms with Crippen molar-refractivity contribution in [2.24, 2.45) is 0 Å². The Labute approximate surface area is 101 Å². The molecule has 0 saturated carbocycles. The molecule has 15 heavy (non-hydrogen) atoms. The van der Waals surface area contributed by atoms with Gasteiger partial charge in [0.05, 0.1) is 0 Å². The molecule has 0 unspecified atom stereocenters. The SMILES string of the molecule is FC(F)C(F)(F)Oc1cc[c-]cc1.[Zn+][Br]. The summed E-state index contributed by atoms with van der Waals surface area (Å²) in [4.78, 5) is 0. The molecule has 0 spiro atoms. The van der Waals surface area contributed by atoms with Crippen molar-refractivity contribution in [1.82, 2.24) is 0 Å². The van der Waals surface area contributed by atoms with E-state index in [2.05, 4.69) is 24.4 Å². The van der Waals surface area contributed by atoms with Crippen molar-refractivity contribution in [3.05, 3.63) is 30.3 Å². The number of hydrogen-bond acceptors (Lipinski definition) is 1. The summed E-state index contributed by atoms with van der Waals surface area (Å²) in [6.45, 7) is 0. The predicted octanol–water partition coefficient (Wildman–Crippen LogP) is 3.57. The van der Waals surface area contributed by atoms with Crippen LogP contribution in [0.25, 0.3) is 0 Å².